The Morgan fingerprint density at radius 1 is 1.13 bits per heavy atom. The van der Waals surface area contributed by atoms with E-state index in [2.05, 4.69) is 4.98 Å². The molecule has 0 aliphatic carbocycles. The van der Waals surface area contributed by atoms with Crippen molar-refractivity contribution in [3.05, 3.63) is 36.0 Å². The first-order valence-corrected chi connectivity index (χ1v) is 3.89. The lowest BCUT2D eigenvalue weighted by atomic mass is 10.2. The number of fused-ring (bicyclic) bond motifs is 1. The molecule has 0 aliphatic heterocycles. The number of aromatic nitrogens is 1. The smallest absolute Gasteiger partial charge is 0.0725 e. The lowest BCUT2D eigenvalue weighted by Crippen LogP contribution is -1.91. The quantitative estimate of drug-likeness (QED) is 0.651. The number of aryl methyl sites for hydroxylation is 1. The van der Waals surface area contributed by atoms with Gasteiger partial charge in [0.1, 0.15) is 0 Å². The Kier molecular flexibility index (Phi) is 8.25. The zero-order valence-electron chi connectivity index (χ0n) is 8.23. The van der Waals surface area contributed by atoms with Gasteiger partial charge in [-0.05, 0) is 19.1 Å². The van der Waals surface area contributed by atoms with Crippen molar-refractivity contribution in [3.63, 3.8) is 0 Å². The van der Waals surface area contributed by atoms with E-state index in [1.807, 2.05) is 37.3 Å². The van der Waals surface area contributed by atoms with Crippen molar-refractivity contribution < 1.29 is 5.48 Å². The molecule has 0 aliphatic rings. The van der Waals surface area contributed by atoms with Gasteiger partial charge in [0.15, 0.2) is 0 Å². The third-order valence-corrected chi connectivity index (χ3v) is 1.88. The van der Waals surface area contributed by atoms with Crippen LogP contribution in [0.3, 0.4) is 0 Å². The van der Waals surface area contributed by atoms with Crippen LogP contribution in [0.2, 0.25) is 0 Å². The standard InChI is InChI=1S/C10H10N2.2HI.H2O/c1-7-6-9(11)8-4-2-3-5-10(8)12-7;;;/h2-6H,1H3,(H2,11,12);2*1H;1H2. The van der Waals surface area contributed by atoms with Crippen molar-refractivity contribution >= 4 is 64.5 Å². The fraction of sp³-hybridized carbons (Fsp3) is 0.100. The largest absolute Gasteiger partial charge is 0.412 e. The van der Waals surface area contributed by atoms with Crippen LogP contribution in [0.25, 0.3) is 10.9 Å². The molecule has 0 saturated carbocycles. The number of benzene rings is 1. The van der Waals surface area contributed by atoms with E-state index in [0.717, 1.165) is 22.3 Å². The van der Waals surface area contributed by atoms with E-state index in [9.17, 15) is 0 Å². The third-order valence-electron chi connectivity index (χ3n) is 1.88. The molecule has 2 rings (SSSR count). The summed E-state index contributed by atoms with van der Waals surface area (Å²) in [7, 11) is 0. The Morgan fingerprint density at radius 2 is 1.73 bits per heavy atom. The fourth-order valence-electron chi connectivity index (χ4n) is 1.34. The van der Waals surface area contributed by atoms with Crippen LogP contribution in [0.15, 0.2) is 30.3 Å². The van der Waals surface area contributed by atoms with Gasteiger partial charge in [-0.1, -0.05) is 18.2 Å². The van der Waals surface area contributed by atoms with Gasteiger partial charge >= 0.3 is 0 Å². The van der Waals surface area contributed by atoms with Crippen molar-refractivity contribution in [2.24, 2.45) is 0 Å². The summed E-state index contributed by atoms with van der Waals surface area (Å²) in [4.78, 5) is 4.36. The van der Waals surface area contributed by atoms with E-state index in [1.165, 1.54) is 0 Å². The van der Waals surface area contributed by atoms with Gasteiger partial charge in [-0.25, -0.2) is 0 Å². The Labute approximate surface area is 123 Å². The maximum absolute atomic E-state index is 5.82. The van der Waals surface area contributed by atoms with Gasteiger partial charge in [0.25, 0.3) is 0 Å². The lowest BCUT2D eigenvalue weighted by Gasteiger charge is -2.01. The molecule has 2 aromatic rings. The molecule has 0 radical (unpaired) electrons. The second-order valence-corrected chi connectivity index (χ2v) is 2.87. The molecule has 0 unspecified atom stereocenters. The van der Waals surface area contributed by atoms with E-state index < -0.39 is 0 Å². The average Bonchev–Trinajstić information content (AvgIpc) is 2.04. The van der Waals surface area contributed by atoms with Crippen LogP contribution in [-0.2, 0) is 0 Å². The van der Waals surface area contributed by atoms with Crippen LogP contribution >= 0.6 is 48.0 Å². The summed E-state index contributed by atoms with van der Waals surface area (Å²) in [5.41, 5.74) is 8.55. The van der Waals surface area contributed by atoms with Gasteiger partial charge in [-0.15, -0.1) is 48.0 Å². The summed E-state index contributed by atoms with van der Waals surface area (Å²) in [6.07, 6.45) is 0. The average molecular weight is 432 g/mol. The van der Waals surface area contributed by atoms with Crippen LogP contribution in [-0.4, -0.2) is 10.5 Å². The number of nitrogen functional groups attached to an aromatic ring is 1. The highest BCUT2D eigenvalue weighted by Crippen LogP contribution is 2.19. The molecule has 5 heteroatoms. The number of para-hydroxylation sites is 1. The van der Waals surface area contributed by atoms with Gasteiger partial charge in [-0.3, -0.25) is 4.98 Å². The molecule has 84 valence electrons. The van der Waals surface area contributed by atoms with Crippen LogP contribution in [0.1, 0.15) is 5.69 Å². The van der Waals surface area contributed by atoms with E-state index in [-0.39, 0.29) is 53.4 Å². The summed E-state index contributed by atoms with van der Waals surface area (Å²) < 4.78 is 0. The predicted octanol–water partition coefficient (Wildman–Crippen LogP) is 2.54. The number of pyridine rings is 1. The molecule has 0 amide bonds. The summed E-state index contributed by atoms with van der Waals surface area (Å²) in [6.45, 7) is 1.95. The molecule has 15 heavy (non-hydrogen) atoms. The normalized spacial score (nSPS) is 8.33. The van der Waals surface area contributed by atoms with Crippen LogP contribution in [0.4, 0.5) is 5.69 Å². The minimum atomic E-state index is 0. The highest BCUT2D eigenvalue weighted by atomic mass is 127. The van der Waals surface area contributed by atoms with E-state index in [4.69, 9.17) is 5.73 Å². The van der Waals surface area contributed by atoms with E-state index in [0.29, 0.717) is 0 Å². The summed E-state index contributed by atoms with van der Waals surface area (Å²) in [6, 6.07) is 9.78. The maximum Gasteiger partial charge on any atom is 0.0725 e. The van der Waals surface area contributed by atoms with Crippen molar-refractivity contribution in [1.29, 1.82) is 0 Å². The van der Waals surface area contributed by atoms with Gasteiger partial charge in [0.05, 0.1) is 5.52 Å². The second-order valence-electron chi connectivity index (χ2n) is 2.87. The SMILES string of the molecule is Cc1cc(N)c2ccccc2n1.I.I.O. The fourth-order valence-corrected chi connectivity index (χ4v) is 1.34. The van der Waals surface area contributed by atoms with Gasteiger partial charge in [-0.2, -0.15) is 0 Å². The van der Waals surface area contributed by atoms with Crippen molar-refractivity contribution in [3.8, 4) is 0 Å². The summed E-state index contributed by atoms with van der Waals surface area (Å²) in [5, 5.41) is 1.03. The minimum absolute atomic E-state index is 0. The highest BCUT2D eigenvalue weighted by Gasteiger charge is 1.97. The van der Waals surface area contributed by atoms with Gasteiger partial charge in [0, 0.05) is 16.8 Å². The van der Waals surface area contributed by atoms with Gasteiger partial charge in [0.2, 0.25) is 0 Å². The van der Waals surface area contributed by atoms with Gasteiger partial charge < -0.3 is 11.2 Å². The molecule has 0 atom stereocenters. The molecule has 0 fully saturated rings. The number of hydrogen-bond acceptors (Lipinski definition) is 2. The minimum Gasteiger partial charge on any atom is -0.412 e. The Morgan fingerprint density at radius 3 is 2.40 bits per heavy atom. The molecule has 0 spiro atoms. The number of halogens is 2. The predicted molar refractivity (Wildman–Crippen MR) is 85.3 cm³/mol. The van der Waals surface area contributed by atoms with E-state index >= 15 is 0 Å². The molecular formula is C10H14I2N2O. The maximum atomic E-state index is 5.82. The number of rotatable bonds is 0. The zero-order chi connectivity index (χ0) is 8.55. The van der Waals surface area contributed by atoms with Crippen molar-refractivity contribution in [2.75, 3.05) is 5.73 Å². The summed E-state index contributed by atoms with van der Waals surface area (Å²) >= 11 is 0. The Balaban J connectivity index is 0. The van der Waals surface area contributed by atoms with Crippen molar-refractivity contribution in [2.45, 2.75) is 6.92 Å². The first-order valence-electron chi connectivity index (χ1n) is 3.89. The Bertz CT molecular complexity index is 435. The van der Waals surface area contributed by atoms with E-state index in [1.54, 1.807) is 0 Å². The topological polar surface area (TPSA) is 70.4 Å². The number of anilines is 1. The first-order chi connectivity index (χ1) is 5.77. The third kappa shape index (κ3) is 3.72. The van der Waals surface area contributed by atoms with Crippen LogP contribution in [0, 0.1) is 6.92 Å². The molecule has 1 aromatic carbocycles. The first kappa shape index (κ1) is 17.3. The molecule has 1 heterocycles. The molecule has 3 nitrogen and oxygen atoms in total. The molecular weight excluding hydrogens is 418 g/mol. The zero-order valence-corrected chi connectivity index (χ0v) is 12.9. The molecule has 0 saturated heterocycles. The monoisotopic (exact) mass is 432 g/mol. The molecule has 0 bridgehead atoms. The molecule has 1 aromatic heterocycles. The molecule has 4 N–H and O–H groups in total. The number of nitrogens with two attached hydrogens (primary N) is 1. The highest BCUT2D eigenvalue weighted by molar-refractivity contribution is 14.0. The van der Waals surface area contributed by atoms with Crippen LogP contribution in [0.5, 0.6) is 0 Å². The second kappa shape index (κ2) is 7.18. The number of hydrogen-bond donors (Lipinski definition) is 1. The number of nitrogens with zero attached hydrogens (tertiary/aromatic N) is 1. The summed E-state index contributed by atoms with van der Waals surface area (Å²) in [5.74, 6) is 0. The lowest BCUT2D eigenvalue weighted by molar-refractivity contribution is 0.824. The van der Waals surface area contributed by atoms with Crippen molar-refractivity contribution in [1.82, 2.24) is 4.98 Å². The Hall–Kier alpha value is -0.150. The van der Waals surface area contributed by atoms with Crippen LogP contribution < -0.4 is 5.73 Å².